The first-order valence-corrected chi connectivity index (χ1v) is 9.27. The number of amides is 2. The van der Waals surface area contributed by atoms with Crippen molar-refractivity contribution >= 4 is 29.3 Å². The second-order valence-corrected chi connectivity index (χ2v) is 6.40. The molecule has 31 heavy (non-hydrogen) atoms. The third-order valence-electron chi connectivity index (χ3n) is 4.04. The normalized spacial score (nSPS) is 10.5. The van der Waals surface area contributed by atoms with E-state index in [-0.39, 0.29) is 11.7 Å². The lowest BCUT2D eigenvalue weighted by Gasteiger charge is -2.12. The van der Waals surface area contributed by atoms with Crippen LogP contribution < -0.4 is 20.1 Å². The summed E-state index contributed by atoms with van der Waals surface area (Å²) in [6, 6.07) is 12.6. The molecule has 158 valence electrons. The molecule has 0 fully saturated rings. The van der Waals surface area contributed by atoms with Crippen LogP contribution in [0.1, 0.15) is 12.5 Å². The molecular formula is C23H20FN3O4. The molecule has 0 radical (unpaired) electrons. The molecule has 0 unspecified atom stereocenters. The average Bonchev–Trinajstić information content (AvgIpc) is 2.75. The van der Waals surface area contributed by atoms with E-state index < -0.39 is 11.7 Å². The molecule has 3 rings (SSSR count). The van der Waals surface area contributed by atoms with Gasteiger partial charge < -0.3 is 20.1 Å². The van der Waals surface area contributed by atoms with Gasteiger partial charge in [0, 0.05) is 25.3 Å². The van der Waals surface area contributed by atoms with Gasteiger partial charge in [-0.3, -0.25) is 14.6 Å². The van der Waals surface area contributed by atoms with Gasteiger partial charge in [-0.1, -0.05) is 6.07 Å². The molecule has 0 spiro atoms. The fourth-order valence-corrected chi connectivity index (χ4v) is 2.64. The van der Waals surface area contributed by atoms with E-state index >= 15 is 0 Å². The Hall–Kier alpha value is -4.20. The Morgan fingerprint density at radius 3 is 2.55 bits per heavy atom. The number of aromatic nitrogens is 1. The molecule has 3 aromatic rings. The van der Waals surface area contributed by atoms with Crippen molar-refractivity contribution in [3.63, 3.8) is 0 Å². The van der Waals surface area contributed by atoms with Crippen LogP contribution in [0.3, 0.4) is 0 Å². The van der Waals surface area contributed by atoms with Gasteiger partial charge in [0.05, 0.1) is 24.7 Å². The van der Waals surface area contributed by atoms with Crippen LogP contribution in [-0.4, -0.2) is 23.9 Å². The predicted octanol–water partition coefficient (Wildman–Crippen LogP) is 4.63. The van der Waals surface area contributed by atoms with Gasteiger partial charge in [0.25, 0.3) is 0 Å². The fraction of sp³-hybridized carbons (Fsp3) is 0.0870. The van der Waals surface area contributed by atoms with Crippen molar-refractivity contribution in [2.45, 2.75) is 6.92 Å². The molecule has 0 bridgehead atoms. The van der Waals surface area contributed by atoms with Crippen LogP contribution >= 0.6 is 0 Å². The van der Waals surface area contributed by atoms with Crippen molar-refractivity contribution < 1.29 is 23.5 Å². The van der Waals surface area contributed by atoms with Gasteiger partial charge >= 0.3 is 0 Å². The lowest BCUT2D eigenvalue weighted by atomic mass is 10.2. The van der Waals surface area contributed by atoms with E-state index in [2.05, 4.69) is 15.6 Å². The van der Waals surface area contributed by atoms with Crippen LogP contribution in [0.25, 0.3) is 6.08 Å². The third kappa shape index (κ3) is 6.14. The first-order chi connectivity index (χ1) is 14.9. The van der Waals surface area contributed by atoms with Gasteiger partial charge in [-0.25, -0.2) is 4.39 Å². The van der Waals surface area contributed by atoms with Crippen LogP contribution in [-0.2, 0) is 9.59 Å². The molecule has 1 heterocycles. The summed E-state index contributed by atoms with van der Waals surface area (Å²) in [5.74, 6) is -0.341. The van der Waals surface area contributed by atoms with Gasteiger partial charge in [-0.15, -0.1) is 0 Å². The number of rotatable bonds is 7. The molecule has 2 N–H and O–H groups in total. The standard InChI is InChI=1S/C23H20FN3O4/c1-15(28)26-20-8-7-17(30-2)13-21(20)27-23(29)10-6-16-5-9-22(19(24)12-16)31-18-4-3-11-25-14-18/h3-14H,1-2H3,(H,26,28)(H,27,29)/b10-6+. The van der Waals surface area contributed by atoms with E-state index in [4.69, 9.17) is 9.47 Å². The Bertz CT molecular complexity index is 1120. The SMILES string of the molecule is COc1ccc(NC(C)=O)c(NC(=O)/C=C/c2ccc(Oc3cccnc3)c(F)c2)c1. The van der Waals surface area contributed by atoms with Crippen LogP contribution in [0.15, 0.2) is 67.0 Å². The second kappa shape index (κ2) is 10.0. The number of nitrogens with one attached hydrogen (secondary N) is 2. The highest BCUT2D eigenvalue weighted by Gasteiger charge is 2.09. The largest absolute Gasteiger partial charge is 0.497 e. The minimum absolute atomic E-state index is 0.0472. The average molecular weight is 421 g/mol. The number of ether oxygens (including phenoxy) is 2. The molecule has 0 aliphatic carbocycles. The summed E-state index contributed by atoms with van der Waals surface area (Å²) in [5.41, 5.74) is 1.27. The maximum Gasteiger partial charge on any atom is 0.248 e. The van der Waals surface area contributed by atoms with E-state index in [1.807, 2.05) is 0 Å². The number of hydrogen-bond acceptors (Lipinski definition) is 5. The number of anilines is 2. The molecular weight excluding hydrogens is 401 g/mol. The Balaban J connectivity index is 1.70. The van der Waals surface area contributed by atoms with Gasteiger partial charge in [-0.05, 0) is 48.0 Å². The summed E-state index contributed by atoms with van der Waals surface area (Å²) in [6.45, 7) is 1.37. The predicted molar refractivity (Wildman–Crippen MR) is 116 cm³/mol. The van der Waals surface area contributed by atoms with Gasteiger partial charge in [0.1, 0.15) is 11.5 Å². The minimum atomic E-state index is -0.577. The van der Waals surface area contributed by atoms with Crippen molar-refractivity contribution in [3.05, 3.63) is 78.4 Å². The lowest BCUT2D eigenvalue weighted by Crippen LogP contribution is -2.13. The minimum Gasteiger partial charge on any atom is -0.497 e. The summed E-state index contributed by atoms with van der Waals surface area (Å²) >= 11 is 0. The zero-order chi connectivity index (χ0) is 22.2. The van der Waals surface area contributed by atoms with Crippen LogP contribution in [0.4, 0.5) is 15.8 Å². The number of benzene rings is 2. The zero-order valence-electron chi connectivity index (χ0n) is 16.9. The summed E-state index contributed by atoms with van der Waals surface area (Å²) < 4.78 is 24.9. The maximum atomic E-state index is 14.3. The third-order valence-corrected chi connectivity index (χ3v) is 4.04. The number of carbonyl (C=O) groups is 2. The summed E-state index contributed by atoms with van der Waals surface area (Å²) in [4.78, 5) is 27.6. The Kier molecular flexibility index (Phi) is 6.95. The summed E-state index contributed by atoms with van der Waals surface area (Å²) in [7, 11) is 1.50. The molecule has 2 aromatic carbocycles. The smallest absolute Gasteiger partial charge is 0.248 e. The van der Waals surface area contributed by atoms with Crippen molar-refractivity contribution in [1.29, 1.82) is 0 Å². The van der Waals surface area contributed by atoms with Crippen molar-refractivity contribution in [1.82, 2.24) is 4.98 Å². The first kappa shape index (κ1) is 21.5. The Morgan fingerprint density at radius 2 is 1.87 bits per heavy atom. The fourth-order valence-electron chi connectivity index (χ4n) is 2.64. The van der Waals surface area contributed by atoms with Crippen LogP contribution in [0.5, 0.6) is 17.2 Å². The number of pyridine rings is 1. The van der Waals surface area contributed by atoms with Crippen molar-refractivity contribution in [2.75, 3.05) is 17.7 Å². The molecule has 0 saturated carbocycles. The Morgan fingerprint density at radius 1 is 1.03 bits per heavy atom. The molecule has 0 atom stereocenters. The summed E-state index contributed by atoms with van der Waals surface area (Å²) in [5, 5.41) is 5.31. The van der Waals surface area contributed by atoms with E-state index in [1.54, 1.807) is 42.6 Å². The molecule has 2 amide bonds. The van der Waals surface area contributed by atoms with Crippen molar-refractivity contribution in [2.24, 2.45) is 0 Å². The van der Waals surface area contributed by atoms with E-state index in [1.165, 1.54) is 44.5 Å². The number of methoxy groups -OCH3 is 1. The molecule has 7 nitrogen and oxygen atoms in total. The quantitative estimate of drug-likeness (QED) is 0.543. The van der Waals surface area contributed by atoms with Gasteiger partial charge in [0.2, 0.25) is 11.8 Å². The van der Waals surface area contributed by atoms with E-state index in [0.29, 0.717) is 28.4 Å². The van der Waals surface area contributed by atoms with E-state index in [0.717, 1.165) is 0 Å². The monoisotopic (exact) mass is 421 g/mol. The topological polar surface area (TPSA) is 89.6 Å². The number of hydrogen-bond donors (Lipinski definition) is 2. The molecule has 8 heteroatoms. The highest BCUT2D eigenvalue weighted by atomic mass is 19.1. The first-order valence-electron chi connectivity index (χ1n) is 9.27. The van der Waals surface area contributed by atoms with Gasteiger partial charge in [0.15, 0.2) is 11.6 Å². The molecule has 1 aromatic heterocycles. The number of carbonyl (C=O) groups excluding carboxylic acids is 2. The van der Waals surface area contributed by atoms with Crippen LogP contribution in [0, 0.1) is 5.82 Å². The highest BCUT2D eigenvalue weighted by Crippen LogP contribution is 2.28. The van der Waals surface area contributed by atoms with E-state index in [9.17, 15) is 14.0 Å². The van der Waals surface area contributed by atoms with Crippen LogP contribution in [0.2, 0.25) is 0 Å². The zero-order valence-corrected chi connectivity index (χ0v) is 16.9. The lowest BCUT2D eigenvalue weighted by molar-refractivity contribution is -0.114. The number of halogens is 1. The highest BCUT2D eigenvalue weighted by molar-refractivity contribution is 6.05. The van der Waals surface area contributed by atoms with Crippen molar-refractivity contribution in [3.8, 4) is 17.2 Å². The Labute approximate surface area is 178 Å². The molecule has 0 saturated heterocycles. The second-order valence-electron chi connectivity index (χ2n) is 6.40. The molecule has 0 aliphatic rings. The van der Waals surface area contributed by atoms with Gasteiger partial charge in [-0.2, -0.15) is 0 Å². The number of nitrogens with zero attached hydrogens (tertiary/aromatic N) is 1. The maximum absolute atomic E-state index is 14.3. The molecule has 0 aliphatic heterocycles. The summed E-state index contributed by atoms with van der Waals surface area (Å²) in [6.07, 6.45) is 5.79.